The Balaban J connectivity index is 2.02. The van der Waals surface area contributed by atoms with Crippen molar-refractivity contribution in [1.82, 2.24) is 9.21 Å². The molecule has 0 aromatic heterocycles. The summed E-state index contributed by atoms with van der Waals surface area (Å²) in [5, 5.41) is 10.2. The number of amides is 1. The highest BCUT2D eigenvalue weighted by Gasteiger charge is 2.39. The van der Waals surface area contributed by atoms with E-state index in [1.807, 2.05) is 0 Å². The molecule has 21 heavy (non-hydrogen) atoms. The topological polar surface area (TPSA) is 77.9 Å². The Morgan fingerprint density at radius 1 is 1.24 bits per heavy atom. The van der Waals surface area contributed by atoms with E-state index in [9.17, 15) is 18.3 Å². The number of aliphatic hydroxyl groups is 1. The third-order valence-electron chi connectivity index (χ3n) is 4.82. The number of hydrogen-bond acceptors (Lipinski definition) is 4. The number of hydrogen-bond donors (Lipinski definition) is 1. The Labute approximate surface area is 127 Å². The molecule has 1 saturated heterocycles. The van der Waals surface area contributed by atoms with Gasteiger partial charge in [-0.3, -0.25) is 4.79 Å². The van der Waals surface area contributed by atoms with Gasteiger partial charge in [0.25, 0.3) is 0 Å². The van der Waals surface area contributed by atoms with Crippen molar-refractivity contribution in [3.63, 3.8) is 0 Å². The van der Waals surface area contributed by atoms with Crippen LogP contribution >= 0.6 is 0 Å². The summed E-state index contributed by atoms with van der Waals surface area (Å²) in [6.45, 7) is 0.558. The number of sulfonamides is 1. The summed E-state index contributed by atoms with van der Waals surface area (Å²) < 4.78 is 23.9. The van der Waals surface area contributed by atoms with Crippen LogP contribution in [0, 0.1) is 5.92 Å². The predicted octanol–water partition coefficient (Wildman–Crippen LogP) is 0.420. The molecule has 122 valence electrons. The lowest BCUT2D eigenvalue weighted by atomic mass is 9.80. The quantitative estimate of drug-likeness (QED) is 0.815. The van der Waals surface area contributed by atoms with Crippen LogP contribution in [0.2, 0.25) is 0 Å². The van der Waals surface area contributed by atoms with Gasteiger partial charge in [0.1, 0.15) is 0 Å². The number of likely N-dealkylation sites (tertiary alicyclic amines) is 1. The van der Waals surface area contributed by atoms with Crippen LogP contribution in [0.1, 0.15) is 38.5 Å². The van der Waals surface area contributed by atoms with E-state index in [2.05, 4.69) is 0 Å². The van der Waals surface area contributed by atoms with Crippen molar-refractivity contribution in [2.75, 3.05) is 26.4 Å². The third kappa shape index (κ3) is 3.96. The lowest BCUT2D eigenvalue weighted by molar-refractivity contribution is -0.134. The molecule has 0 aromatic carbocycles. The zero-order valence-corrected chi connectivity index (χ0v) is 13.7. The van der Waals surface area contributed by atoms with Crippen LogP contribution < -0.4 is 0 Å². The maximum absolute atomic E-state index is 12.4. The summed E-state index contributed by atoms with van der Waals surface area (Å²) in [4.78, 5) is 14.2. The number of carbonyl (C=O) groups excluding carboxylic acids is 1. The fourth-order valence-electron chi connectivity index (χ4n) is 3.53. The standard InChI is InChI=1S/C14H26N2O4S/c1-15(21(2,19)20)10-14(18)16-9-5-7-12(16)11-6-3-4-8-13(11)17/h11-13,17H,3-10H2,1-2H3/t11-,12+,13+/m0/s1. The predicted molar refractivity (Wildman–Crippen MR) is 80.2 cm³/mol. The summed E-state index contributed by atoms with van der Waals surface area (Å²) in [6, 6.07) is 0.0701. The molecule has 1 saturated carbocycles. The zero-order chi connectivity index (χ0) is 15.6. The SMILES string of the molecule is CN(CC(=O)N1CCC[C@@H]1[C@@H]1CCCC[C@H]1O)S(C)(=O)=O. The minimum absolute atomic E-state index is 0.0701. The smallest absolute Gasteiger partial charge is 0.238 e. The van der Waals surface area contributed by atoms with Gasteiger partial charge in [-0.25, -0.2) is 8.42 Å². The first-order chi connectivity index (χ1) is 9.80. The number of likely N-dealkylation sites (N-methyl/N-ethyl adjacent to an activating group) is 1. The molecule has 1 heterocycles. The van der Waals surface area contributed by atoms with Crippen molar-refractivity contribution in [2.24, 2.45) is 5.92 Å². The normalized spacial score (nSPS) is 30.9. The molecule has 2 rings (SSSR count). The Morgan fingerprint density at radius 2 is 1.90 bits per heavy atom. The fraction of sp³-hybridized carbons (Fsp3) is 0.929. The first-order valence-electron chi connectivity index (χ1n) is 7.69. The molecule has 1 N–H and O–H groups in total. The Bertz CT molecular complexity index is 479. The molecule has 0 bridgehead atoms. The molecule has 1 aliphatic heterocycles. The highest BCUT2D eigenvalue weighted by atomic mass is 32.2. The van der Waals surface area contributed by atoms with Crippen LogP contribution in [0.15, 0.2) is 0 Å². The van der Waals surface area contributed by atoms with Crippen LogP contribution in [-0.4, -0.2) is 67.2 Å². The van der Waals surface area contributed by atoms with E-state index in [1.165, 1.54) is 7.05 Å². The van der Waals surface area contributed by atoms with Gasteiger partial charge in [-0.15, -0.1) is 0 Å². The highest BCUT2D eigenvalue weighted by Crippen LogP contribution is 2.34. The van der Waals surface area contributed by atoms with Crippen LogP contribution in [0.25, 0.3) is 0 Å². The van der Waals surface area contributed by atoms with Crippen LogP contribution in [0.3, 0.4) is 0 Å². The van der Waals surface area contributed by atoms with Gasteiger partial charge in [0, 0.05) is 25.6 Å². The summed E-state index contributed by atoms with van der Waals surface area (Å²) in [5.74, 6) is -0.00283. The summed E-state index contributed by atoms with van der Waals surface area (Å²) >= 11 is 0. The molecule has 1 amide bonds. The second-order valence-corrected chi connectivity index (χ2v) is 8.42. The van der Waals surface area contributed by atoms with Crippen molar-refractivity contribution < 1.29 is 18.3 Å². The van der Waals surface area contributed by atoms with Gasteiger partial charge < -0.3 is 10.0 Å². The molecule has 6 nitrogen and oxygen atoms in total. The summed E-state index contributed by atoms with van der Waals surface area (Å²) in [7, 11) is -1.92. The van der Waals surface area contributed by atoms with Gasteiger partial charge in [0.2, 0.25) is 15.9 Å². The minimum atomic E-state index is -3.34. The molecular weight excluding hydrogens is 292 g/mol. The minimum Gasteiger partial charge on any atom is -0.393 e. The summed E-state index contributed by atoms with van der Waals surface area (Å²) in [6.07, 6.45) is 6.54. The molecule has 3 atom stereocenters. The molecular formula is C14H26N2O4S. The van der Waals surface area contributed by atoms with E-state index < -0.39 is 10.0 Å². The third-order valence-corrected chi connectivity index (χ3v) is 6.08. The van der Waals surface area contributed by atoms with Gasteiger partial charge in [-0.2, -0.15) is 4.31 Å². The van der Waals surface area contributed by atoms with Crippen molar-refractivity contribution in [1.29, 1.82) is 0 Å². The van der Waals surface area contributed by atoms with E-state index in [1.54, 1.807) is 4.90 Å². The second-order valence-electron chi connectivity index (χ2n) is 6.33. The lowest BCUT2D eigenvalue weighted by Crippen LogP contribution is -2.48. The monoisotopic (exact) mass is 318 g/mol. The van der Waals surface area contributed by atoms with Gasteiger partial charge in [0.15, 0.2) is 0 Å². The van der Waals surface area contributed by atoms with Gasteiger partial charge in [-0.05, 0) is 25.7 Å². The average Bonchev–Trinajstić information content (AvgIpc) is 2.87. The van der Waals surface area contributed by atoms with Crippen LogP contribution in [-0.2, 0) is 14.8 Å². The van der Waals surface area contributed by atoms with Crippen molar-refractivity contribution in [2.45, 2.75) is 50.7 Å². The van der Waals surface area contributed by atoms with Crippen LogP contribution in [0.4, 0.5) is 0 Å². The van der Waals surface area contributed by atoms with E-state index >= 15 is 0 Å². The molecule has 0 unspecified atom stereocenters. The summed E-state index contributed by atoms with van der Waals surface area (Å²) in [5.41, 5.74) is 0. The first kappa shape index (κ1) is 16.7. The Kier molecular flexibility index (Phi) is 5.27. The average molecular weight is 318 g/mol. The van der Waals surface area contributed by atoms with E-state index in [4.69, 9.17) is 0 Å². The van der Waals surface area contributed by atoms with Gasteiger partial charge in [0.05, 0.1) is 18.9 Å². The lowest BCUT2D eigenvalue weighted by Gasteiger charge is -2.37. The fourth-order valence-corrected chi connectivity index (χ4v) is 3.88. The second kappa shape index (κ2) is 6.62. The molecule has 1 aliphatic carbocycles. The molecule has 0 radical (unpaired) electrons. The maximum atomic E-state index is 12.4. The molecule has 0 aromatic rings. The van der Waals surface area contributed by atoms with Crippen molar-refractivity contribution in [3.8, 4) is 0 Å². The van der Waals surface area contributed by atoms with Gasteiger partial charge in [-0.1, -0.05) is 12.8 Å². The van der Waals surface area contributed by atoms with Crippen molar-refractivity contribution >= 4 is 15.9 Å². The number of rotatable bonds is 4. The van der Waals surface area contributed by atoms with E-state index in [-0.39, 0.29) is 30.5 Å². The van der Waals surface area contributed by atoms with Crippen LogP contribution in [0.5, 0.6) is 0 Å². The molecule has 7 heteroatoms. The van der Waals surface area contributed by atoms with E-state index in [0.717, 1.165) is 49.1 Å². The molecule has 2 aliphatic rings. The largest absolute Gasteiger partial charge is 0.393 e. The number of carbonyl (C=O) groups is 1. The Morgan fingerprint density at radius 3 is 2.52 bits per heavy atom. The van der Waals surface area contributed by atoms with Crippen molar-refractivity contribution in [3.05, 3.63) is 0 Å². The number of nitrogens with zero attached hydrogens (tertiary/aromatic N) is 2. The maximum Gasteiger partial charge on any atom is 0.238 e. The number of aliphatic hydroxyl groups excluding tert-OH is 1. The molecule has 0 spiro atoms. The highest BCUT2D eigenvalue weighted by molar-refractivity contribution is 7.88. The molecule has 2 fully saturated rings. The van der Waals surface area contributed by atoms with E-state index in [0.29, 0.717) is 6.54 Å². The zero-order valence-electron chi connectivity index (χ0n) is 12.9. The first-order valence-corrected chi connectivity index (χ1v) is 9.54. The Hall–Kier alpha value is -0.660. The van der Waals surface area contributed by atoms with Gasteiger partial charge >= 0.3 is 0 Å².